The number of ether oxygens (including phenoxy) is 2. The number of aryl methyl sites for hydroxylation is 1. The van der Waals surface area contributed by atoms with Gasteiger partial charge in [-0.1, -0.05) is 6.07 Å². The average molecular weight is 342 g/mol. The van der Waals surface area contributed by atoms with E-state index in [1.54, 1.807) is 26.2 Å². The van der Waals surface area contributed by atoms with Crippen molar-refractivity contribution in [3.63, 3.8) is 0 Å². The second-order valence-corrected chi connectivity index (χ2v) is 6.11. The van der Waals surface area contributed by atoms with E-state index in [1.165, 1.54) is 0 Å². The fourth-order valence-electron chi connectivity index (χ4n) is 3.10. The zero-order valence-electron chi connectivity index (χ0n) is 14.5. The smallest absolute Gasteiger partial charge is 0.233 e. The lowest BCUT2D eigenvalue weighted by Crippen LogP contribution is -2.27. The molecule has 1 aliphatic rings. The zero-order valence-corrected chi connectivity index (χ0v) is 14.5. The van der Waals surface area contributed by atoms with Crippen molar-refractivity contribution in [2.45, 2.75) is 31.9 Å². The molecule has 2 atom stereocenters. The number of methoxy groups -OCH3 is 1. The van der Waals surface area contributed by atoms with Crippen LogP contribution in [0.1, 0.15) is 36.2 Å². The molecule has 0 bridgehead atoms. The predicted molar refractivity (Wildman–Crippen MR) is 90.0 cm³/mol. The molecule has 132 valence electrons. The Morgan fingerprint density at radius 1 is 1.40 bits per heavy atom. The first kappa shape index (κ1) is 17.4. The van der Waals surface area contributed by atoms with Gasteiger partial charge in [-0.05, 0) is 31.0 Å². The average Bonchev–Trinajstić information content (AvgIpc) is 3.24. The van der Waals surface area contributed by atoms with Gasteiger partial charge in [0.25, 0.3) is 0 Å². The maximum absolute atomic E-state index is 8.92. The standard InChI is InChI=1S/C18H22N4O3/c1-13-20-21-18(25-13)17-10-16(23-2)12-22(17)7-4-8-24-15-6-3-5-14(9-15)11-19/h3,5-6,9,16-17H,4,7-8,10,12H2,1-2H3/t16-,17+/m0/s1. The highest BCUT2D eigenvalue weighted by atomic mass is 16.5. The van der Waals surface area contributed by atoms with Crippen LogP contribution in [0.4, 0.5) is 0 Å². The van der Waals surface area contributed by atoms with Crippen LogP contribution in [0.5, 0.6) is 5.75 Å². The third-order valence-electron chi connectivity index (χ3n) is 4.35. The third-order valence-corrected chi connectivity index (χ3v) is 4.35. The van der Waals surface area contributed by atoms with Crippen LogP contribution < -0.4 is 4.74 Å². The molecule has 0 aliphatic carbocycles. The Labute approximate surface area is 147 Å². The van der Waals surface area contributed by atoms with Crippen LogP contribution in [0.15, 0.2) is 28.7 Å². The molecular formula is C18H22N4O3. The summed E-state index contributed by atoms with van der Waals surface area (Å²) in [4.78, 5) is 2.30. The van der Waals surface area contributed by atoms with E-state index in [4.69, 9.17) is 19.2 Å². The maximum Gasteiger partial charge on any atom is 0.233 e. The molecule has 0 radical (unpaired) electrons. The number of aromatic nitrogens is 2. The normalized spacial score (nSPS) is 20.5. The quantitative estimate of drug-likeness (QED) is 0.715. The van der Waals surface area contributed by atoms with Gasteiger partial charge in [0.15, 0.2) is 0 Å². The Morgan fingerprint density at radius 3 is 3.00 bits per heavy atom. The maximum atomic E-state index is 8.92. The van der Waals surface area contributed by atoms with Crippen molar-refractivity contribution < 1.29 is 13.9 Å². The molecule has 25 heavy (non-hydrogen) atoms. The summed E-state index contributed by atoms with van der Waals surface area (Å²) in [5.74, 6) is 1.95. The van der Waals surface area contributed by atoms with Crippen LogP contribution in [-0.4, -0.2) is 48.0 Å². The molecule has 7 heteroatoms. The lowest BCUT2D eigenvalue weighted by Gasteiger charge is -2.21. The lowest BCUT2D eigenvalue weighted by molar-refractivity contribution is 0.107. The second kappa shape index (κ2) is 8.10. The first-order chi connectivity index (χ1) is 12.2. The number of likely N-dealkylation sites (tertiary alicyclic amines) is 1. The molecule has 1 saturated heterocycles. The first-order valence-corrected chi connectivity index (χ1v) is 8.39. The van der Waals surface area contributed by atoms with Crippen molar-refractivity contribution in [3.05, 3.63) is 41.6 Å². The van der Waals surface area contributed by atoms with Crippen LogP contribution >= 0.6 is 0 Å². The minimum Gasteiger partial charge on any atom is -0.494 e. The van der Waals surface area contributed by atoms with Gasteiger partial charge in [0.05, 0.1) is 30.4 Å². The van der Waals surface area contributed by atoms with E-state index in [-0.39, 0.29) is 12.1 Å². The summed E-state index contributed by atoms with van der Waals surface area (Å²) in [6, 6.07) is 9.41. The van der Waals surface area contributed by atoms with Gasteiger partial charge in [-0.3, -0.25) is 4.90 Å². The summed E-state index contributed by atoms with van der Waals surface area (Å²) >= 11 is 0. The molecule has 7 nitrogen and oxygen atoms in total. The highest BCUT2D eigenvalue weighted by Gasteiger charge is 2.36. The number of nitrogens with zero attached hydrogens (tertiary/aromatic N) is 4. The molecule has 1 aliphatic heterocycles. The monoisotopic (exact) mass is 342 g/mol. The van der Waals surface area contributed by atoms with Gasteiger partial charge in [0, 0.05) is 27.1 Å². The molecular weight excluding hydrogens is 320 g/mol. The fraction of sp³-hybridized carbons (Fsp3) is 0.500. The van der Waals surface area contributed by atoms with Crippen molar-refractivity contribution in [2.75, 3.05) is 26.8 Å². The fourth-order valence-corrected chi connectivity index (χ4v) is 3.10. The molecule has 2 aromatic rings. The Hall–Kier alpha value is -2.43. The SMILES string of the molecule is CO[C@H]1C[C@H](c2nnc(C)o2)N(CCCOc2cccc(C#N)c2)C1. The number of benzene rings is 1. The van der Waals surface area contributed by atoms with Gasteiger partial charge >= 0.3 is 0 Å². The Morgan fingerprint density at radius 2 is 2.28 bits per heavy atom. The molecule has 1 fully saturated rings. The van der Waals surface area contributed by atoms with Gasteiger partial charge in [0.2, 0.25) is 11.8 Å². The van der Waals surface area contributed by atoms with Crippen LogP contribution in [-0.2, 0) is 4.74 Å². The minimum absolute atomic E-state index is 0.0908. The highest BCUT2D eigenvalue weighted by molar-refractivity contribution is 5.36. The highest BCUT2D eigenvalue weighted by Crippen LogP contribution is 2.32. The minimum atomic E-state index is 0.0908. The predicted octanol–water partition coefficient (Wildman–Crippen LogP) is 2.48. The van der Waals surface area contributed by atoms with E-state index in [0.717, 1.165) is 31.7 Å². The van der Waals surface area contributed by atoms with E-state index < -0.39 is 0 Å². The first-order valence-electron chi connectivity index (χ1n) is 8.39. The van der Waals surface area contributed by atoms with Crippen molar-refractivity contribution in [3.8, 4) is 11.8 Å². The molecule has 0 unspecified atom stereocenters. The van der Waals surface area contributed by atoms with E-state index in [9.17, 15) is 0 Å². The van der Waals surface area contributed by atoms with Crippen molar-refractivity contribution in [2.24, 2.45) is 0 Å². The van der Waals surface area contributed by atoms with E-state index in [2.05, 4.69) is 21.2 Å². The molecule has 0 amide bonds. The van der Waals surface area contributed by atoms with Gasteiger partial charge in [0.1, 0.15) is 5.75 Å². The molecule has 2 heterocycles. The number of rotatable bonds is 7. The summed E-state index contributed by atoms with van der Waals surface area (Å²) in [6.45, 7) is 4.07. The summed E-state index contributed by atoms with van der Waals surface area (Å²) in [5, 5.41) is 17.0. The van der Waals surface area contributed by atoms with Crippen LogP contribution in [0.3, 0.4) is 0 Å². The van der Waals surface area contributed by atoms with Crippen molar-refractivity contribution in [1.29, 1.82) is 5.26 Å². The lowest BCUT2D eigenvalue weighted by atomic mass is 10.2. The number of hydrogen-bond donors (Lipinski definition) is 0. The van der Waals surface area contributed by atoms with Gasteiger partial charge in [-0.2, -0.15) is 5.26 Å². The van der Waals surface area contributed by atoms with Crippen LogP contribution in [0, 0.1) is 18.3 Å². The summed E-state index contributed by atoms with van der Waals surface area (Å²) in [7, 11) is 1.73. The summed E-state index contributed by atoms with van der Waals surface area (Å²) in [6.07, 6.45) is 1.88. The zero-order chi connectivity index (χ0) is 17.6. The largest absolute Gasteiger partial charge is 0.494 e. The van der Waals surface area contributed by atoms with Crippen molar-refractivity contribution >= 4 is 0 Å². The molecule has 0 N–H and O–H groups in total. The third kappa shape index (κ3) is 4.35. The van der Waals surface area contributed by atoms with Crippen molar-refractivity contribution in [1.82, 2.24) is 15.1 Å². The van der Waals surface area contributed by atoms with Gasteiger partial charge < -0.3 is 13.9 Å². The van der Waals surface area contributed by atoms with Gasteiger partial charge in [-0.25, -0.2) is 0 Å². The molecule has 0 saturated carbocycles. The Bertz CT molecular complexity index is 740. The molecule has 1 aromatic heterocycles. The molecule has 0 spiro atoms. The Kier molecular flexibility index (Phi) is 5.64. The van der Waals surface area contributed by atoms with E-state index in [1.807, 2.05) is 12.1 Å². The van der Waals surface area contributed by atoms with E-state index >= 15 is 0 Å². The molecule has 3 rings (SSSR count). The van der Waals surface area contributed by atoms with E-state index in [0.29, 0.717) is 24.0 Å². The van der Waals surface area contributed by atoms with Crippen LogP contribution in [0.25, 0.3) is 0 Å². The van der Waals surface area contributed by atoms with Crippen LogP contribution in [0.2, 0.25) is 0 Å². The van der Waals surface area contributed by atoms with Gasteiger partial charge in [-0.15, -0.1) is 10.2 Å². The Balaban J connectivity index is 1.53. The number of nitriles is 1. The summed E-state index contributed by atoms with van der Waals surface area (Å²) < 4.78 is 16.9. The molecule has 1 aromatic carbocycles. The topological polar surface area (TPSA) is 84.4 Å². The number of hydrogen-bond acceptors (Lipinski definition) is 7. The summed E-state index contributed by atoms with van der Waals surface area (Å²) in [5.41, 5.74) is 0.604. The second-order valence-electron chi connectivity index (χ2n) is 6.11.